The number of nitrogens with zero attached hydrogens (tertiary/aromatic N) is 1. The van der Waals surface area contributed by atoms with Crippen LogP contribution >= 0.6 is 0 Å². The highest BCUT2D eigenvalue weighted by Gasteiger charge is 2.27. The van der Waals surface area contributed by atoms with Gasteiger partial charge in [-0.05, 0) is 43.4 Å². The SMILES string of the molecule is CC(C)C[C@@H](NC(=O)c1cccc(S(=O)(=O)N2CCCCCC2)c1)C(=O)O. The summed E-state index contributed by atoms with van der Waals surface area (Å²) in [7, 11) is -3.67. The molecule has 8 heteroatoms. The topological polar surface area (TPSA) is 104 Å². The van der Waals surface area contributed by atoms with Gasteiger partial charge in [-0.1, -0.05) is 32.8 Å². The van der Waals surface area contributed by atoms with Crippen molar-refractivity contribution in [3.8, 4) is 0 Å². The van der Waals surface area contributed by atoms with Crippen LogP contribution in [0.15, 0.2) is 29.2 Å². The van der Waals surface area contributed by atoms with Gasteiger partial charge in [-0.2, -0.15) is 4.31 Å². The van der Waals surface area contributed by atoms with E-state index in [1.165, 1.54) is 28.6 Å². The van der Waals surface area contributed by atoms with Crippen LogP contribution in [0.5, 0.6) is 0 Å². The number of carboxylic acids is 1. The Labute approximate surface area is 160 Å². The van der Waals surface area contributed by atoms with Gasteiger partial charge in [0.25, 0.3) is 5.91 Å². The van der Waals surface area contributed by atoms with E-state index in [2.05, 4.69) is 5.32 Å². The summed E-state index contributed by atoms with van der Waals surface area (Å²) in [6.45, 7) is 4.70. The third-order valence-electron chi connectivity index (χ3n) is 4.61. The highest BCUT2D eigenvalue weighted by Crippen LogP contribution is 2.21. The predicted octanol–water partition coefficient (Wildman–Crippen LogP) is 2.48. The zero-order valence-corrected chi connectivity index (χ0v) is 16.7. The zero-order valence-electron chi connectivity index (χ0n) is 15.8. The maximum absolute atomic E-state index is 12.9. The van der Waals surface area contributed by atoms with Gasteiger partial charge in [0, 0.05) is 18.7 Å². The molecule has 1 aromatic carbocycles. The molecule has 1 fully saturated rings. The van der Waals surface area contributed by atoms with Crippen LogP contribution in [0, 0.1) is 5.92 Å². The van der Waals surface area contributed by atoms with Crippen LogP contribution in [-0.2, 0) is 14.8 Å². The summed E-state index contributed by atoms with van der Waals surface area (Å²) in [5, 5.41) is 11.8. The summed E-state index contributed by atoms with van der Waals surface area (Å²) in [5.41, 5.74) is 0.140. The lowest BCUT2D eigenvalue weighted by Crippen LogP contribution is -2.41. The van der Waals surface area contributed by atoms with Gasteiger partial charge in [0.1, 0.15) is 6.04 Å². The molecular weight excluding hydrogens is 368 g/mol. The number of carbonyl (C=O) groups excluding carboxylic acids is 1. The van der Waals surface area contributed by atoms with Crippen molar-refractivity contribution in [3.05, 3.63) is 29.8 Å². The van der Waals surface area contributed by atoms with Crippen molar-refractivity contribution in [3.63, 3.8) is 0 Å². The molecular formula is C19H28N2O5S. The van der Waals surface area contributed by atoms with Crippen molar-refractivity contribution in [1.29, 1.82) is 0 Å². The number of rotatable bonds is 7. The van der Waals surface area contributed by atoms with E-state index in [1.54, 1.807) is 0 Å². The fourth-order valence-corrected chi connectivity index (χ4v) is 4.73. The molecule has 1 aromatic rings. The molecule has 0 spiro atoms. The Kier molecular flexibility index (Phi) is 7.38. The number of aliphatic carboxylic acids is 1. The van der Waals surface area contributed by atoms with E-state index >= 15 is 0 Å². The first-order chi connectivity index (χ1) is 12.7. The van der Waals surface area contributed by atoms with Gasteiger partial charge in [0.2, 0.25) is 10.0 Å². The minimum atomic E-state index is -3.67. The number of sulfonamides is 1. The number of amides is 1. The molecule has 0 unspecified atom stereocenters. The number of hydrogen-bond donors (Lipinski definition) is 2. The fourth-order valence-electron chi connectivity index (χ4n) is 3.16. The Hall–Kier alpha value is -1.93. The first-order valence-electron chi connectivity index (χ1n) is 9.35. The normalized spacial score (nSPS) is 17.3. The smallest absolute Gasteiger partial charge is 0.326 e. The van der Waals surface area contributed by atoms with E-state index in [0.717, 1.165) is 25.7 Å². The number of carboxylic acid groups (broad SMARTS) is 1. The van der Waals surface area contributed by atoms with E-state index < -0.39 is 27.9 Å². The van der Waals surface area contributed by atoms with Gasteiger partial charge in [0.15, 0.2) is 0 Å². The molecule has 150 valence electrons. The molecule has 27 heavy (non-hydrogen) atoms. The van der Waals surface area contributed by atoms with E-state index in [0.29, 0.717) is 19.5 Å². The molecule has 1 heterocycles. The Bertz CT molecular complexity index is 768. The first kappa shape index (κ1) is 21.4. The fraction of sp³-hybridized carbons (Fsp3) is 0.579. The molecule has 1 aliphatic heterocycles. The van der Waals surface area contributed by atoms with Crippen LogP contribution in [0.3, 0.4) is 0 Å². The summed E-state index contributed by atoms with van der Waals surface area (Å²) in [5.74, 6) is -1.59. The van der Waals surface area contributed by atoms with E-state index in [-0.39, 0.29) is 16.4 Å². The number of hydrogen-bond acceptors (Lipinski definition) is 4. The number of carbonyl (C=O) groups is 2. The summed E-state index contributed by atoms with van der Waals surface area (Å²) < 4.78 is 27.2. The van der Waals surface area contributed by atoms with Gasteiger partial charge < -0.3 is 10.4 Å². The monoisotopic (exact) mass is 396 g/mol. The Balaban J connectivity index is 2.20. The summed E-state index contributed by atoms with van der Waals surface area (Å²) in [6.07, 6.45) is 3.98. The van der Waals surface area contributed by atoms with Gasteiger partial charge >= 0.3 is 5.97 Å². The molecule has 1 atom stereocenters. The van der Waals surface area contributed by atoms with Crippen LogP contribution in [-0.4, -0.2) is 48.8 Å². The number of benzene rings is 1. The zero-order chi connectivity index (χ0) is 20.0. The highest BCUT2D eigenvalue weighted by atomic mass is 32.2. The van der Waals surface area contributed by atoms with Crippen molar-refractivity contribution in [1.82, 2.24) is 9.62 Å². The van der Waals surface area contributed by atoms with Gasteiger partial charge in [0.05, 0.1) is 4.90 Å². The van der Waals surface area contributed by atoms with Gasteiger partial charge in [-0.3, -0.25) is 4.79 Å². The lowest BCUT2D eigenvalue weighted by Gasteiger charge is -2.20. The van der Waals surface area contributed by atoms with Crippen molar-refractivity contribution in [2.75, 3.05) is 13.1 Å². The quantitative estimate of drug-likeness (QED) is 0.737. The Morgan fingerprint density at radius 1 is 1.15 bits per heavy atom. The maximum atomic E-state index is 12.9. The standard InChI is InChI=1S/C19H28N2O5S/c1-14(2)12-17(19(23)24)20-18(22)15-8-7-9-16(13-15)27(25,26)21-10-5-3-4-6-11-21/h7-9,13-14,17H,3-6,10-12H2,1-2H3,(H,20,22)(H,23,24)/t17-/m1/s1. The third-order valence-corrected chi connectivity index (χ3v) is 6.50. The first-order valence-corrected chi connectivity index (χ1v) is 10.8. The second kappa shape index (κ2) is 9.32. The van der Waals surface area contributed by atoms with E-state index in [4.69, 9.17) is 0 Å². The Morgan fingerprint density at radius 3 is 2.33 bits per heavy atom. The molecule has 0 saturated carbocycles. The molecule has 0 radical (unpaired) electrons. The minimum absolute atomic E-state index is 0.0628. The van der Waals surface area contributed by atoms with Crippen LogP contribution < -0.4 is 5.32 Å². The Morgan fingerprint density at radius 2 is 1.78 bits per heavy atom. The molecule has 2 N–H and O–H groups in total. The van der Waals surface area contributed by atoms with Crippen molar-refractivity contribution in [2.24, 2.45) is 5.92 Å². The largest absolute Gasteiger partial charge is 0.480 e. The predicted molar refractivity (Wildman–Crippen MR) is 102 cm³/mol. The number of nitrogens with one attached hydrogen (secondary N) is 1. The molecule has 1 aliphatic rings. The molecule has 0 aliphatic carbocycles. The van der Waals surface area contributed by atoms with Crippen LogP contribution in [0.2, 0.25) is 0 Å². The maximum Gasteiger partial charge on any atom is 0.326 e. The van der Waals surface area contributed by atoms with Gasteiger partial charge in [-0.15, -0.1) is 0 Å². The van der Waals surface area contributed by atoms with Crippen molar-refractivity contribution < 1.29 is 23.1 Å². The lowest BCUT2D eigenvalue weighted by atomic mass is 10.0. The molecule has 2 rings (SSSR count). The molecule has 1 amide bonds. The third kappa shape index (κ3) is 5.77. The molecule has 0 aromatic heterocycles. The van der Waals surface area contributed by atoms with E-state index in [1.807, 2.05) is 13.8 Å². The molecule has 0 bridgehead atoms. The second-order valence-electron chi connectivity index (χ2n) is 7.34. The molecule has 7 nitrogen and oxygen atoms in total. The lowest BCUT2D eigenvalue weighted by molar-refractivity contribution is -0.139. The van der Waals surface area contributed by atoms with E-state index in [9.17, 15) is 23.1 Å². The summed E-state index contributed by atoms with van der Waals surface area (Å²) in [4.78, 5) is 23.9. The van der Waals surface area contributed by atoms with Gasteiger partial charge in [-0.25, -0.2) is 13.2 Å². The van der Waals surface area contributed by atoms with Crippen molar-refractivity contribution in [2.45, 2.75) is 56.9 Å². The minimum Gasteiger partial charge on any atom is -0.480 e. The summed E-state index contributed by atoms with van der Waals surface area (Å²) >= 11 is 0. The van der Waals surface area contributed by atoms with Crippen molar-refractivity contribution >= 4 is 21.9 Å². The average molecular weight is 397 g/mol. The molecule has 1 saturated heterocycles. The van der Waals surface area contributed by atoms with Crippen LogP contribution in [0.1, 0.15) is 56.3 Å². The summed E-state index contributed by atoms with van der Waals surface area (Å²) in [6, 6.07) is 4.79. The van der Waals surface area contributed by atoms with Crippen LogP contribution in [0.4, 0.5) is 0 Å². The highest BCUT2D eigenvalue weighted by molar-refractivity contribution is 7.89. The second-order valence-corrected chi connectivity index (χ2v) is 9.28. The average Bonchev–Trinajstić information content (AvgIpc) is 2.90. The van der Waals surface area contributed by atoms with Crippen LogP contribution in [0.25, 0.3) is 0 Å².